The van der Waals surface area contributed by atoms with Gasteiger partial charge in [0.15, 0.2) is 0 Å². The van der Waals surface area contributed by atoms with E-state index in [0.717, 1.165) is 5.75 Å². The van der Waals surface area contributed by atoms with Gasteiger partial charge < -0.3 is 4.74 Å². The smallest absolute Gasteiger partial charge is 0.0645 e. The van der Waals surface area contributed by atoms with E-state index in [4.69, 9.17) is 4.74 Å². The third-order valence-electron chi connectivity index (χ3n) is 2.05. The molecule has 1 aromatic carbocycles. The average Bonchev–Trinajstić information content (AvgIpc) is 2.26. The maximum atomic E-state index is 5.42. The van der Waals surface area contributed by atoms with Crippen LogP contribution in [0.2, 0.25) is 0 Å². The lowest BCUT2D eigenvalue weighted by molar-refractivity contribution is 0.151. The molecule has 1 nitrogen and oxygen atoms in total. The number of hydrogen-bond acceptors (Lipinski definition) is 2. The van der Waals surface area contributed by atoms with Crippen LogP contribution in [0.25, 0.3) is 0 Å². The lowest BCUT2D eigenvalue weighted by atomic mass is 10.0. The number of ether oxygens (including phenoxy) is 1. The van der Waals surface area contributed by atoms with Crippen molar-refractivity contribution >= 4 is 12.6 Å². The quantitative estimate of drug-likeness (QED) is 0.429. The molecule has 0 heterocycles. The van der Waals surface area contributed by atoms with E-state index < -0.39 is 0 Å². The van der Waals surface area contributed by atoms with Gasteiger partial charge in [0, 0.05) is 5.92 Å². The summed E-state index contributed by atoms with van der Waals surface area (Å²) >= 11 is 4.32. The highest BCUT2D eigenvalue weighted by Gasteiger charge is 2.08. The molecule has 0 aliphatic rings. The van der Waals surface area contributed by atoms with Gasteiger partial charge in [-0.15, -0.1) is 6.58 Å². The molecule has 0 saturated carbocycles. The number of thiol groups is 1. The fraction of sp³-hybridized carbons (Fsp3) is 0.333. The Morgan fingerprint density at radius 3 is 2.64 bits per heavy atom. The summed E-state index contributed by atoms with van der Waals surface area (Å²) in [4.78, 5) is 0. The molecule has 2 heteroatoms. The molecule has 76 valence electrons. The van der Waals surface area contributed by atoms with Crippen molar-refractivity contribution in [1.29, 1.82) is 0 Å². The topological polar surface area (TPSA) is 9.23 Å². The van der Waals surface area contributed by atoms with E-state index in [-0.39, 0.29) is 0 Å². The molecule has 1 rings (SSSR count). The van der Waals surface area contributed by atoms with Crippen LogP contribution in [-0.2, 0) is 4.74 Å². The van der Waals surface area contributed by atoms with Crippen LogP contribution in [0.5, 0.6) is 0 Å². The van der Waals surface area contributed by atoms with Gasteiger partial charge in [0.1, 0.15) is 0 Å². The van der Waals surface area contributed by atoms with Crippen LogP contribution in [-0.4, -0.2) is 19.0 Å². The summed E-state index contributed by atoms with van der Waals surface area (Å²) in [6.07, 6.45) is 1.76. The number of rotatable bonds is 6. The van der Waals surface area contributed by atoms with Gasteiger partial charge in [0.25, 0.3) is 0 Å². The van der Waals surface area contributed by atoms with Crippen molar-refractivity contribution in [1.82, 2.24) is 0 Å². The Labute approximate surface area is 91.2 Å². The second-order valence-corrected chi connectivity index (χ2v) is 3.48. The van der Waals surface area contributed by atoms with Gasteiger partial charge in [0.05, 0.1) is 13.2 Å². The summed E-state index contributed by atoms with van der Waals surface area (Å²) in [5, 5.41) is 0. The first-order valence-corrected chi connectivity index (χ1v) is 5.36. The maximum absolute atomic E-state index is 5.42. The fourth-order valence-electron chi connectivity index (χ4n) is 1.27. The molecule has 0 aliphatic carbocycles. The largest absolute Gasteiger partial charge is 0.377 e. The van der Waals surface area contributed by atoms with Gasteiger partial charge in [-0.05, 0) is 11.3 Å². The standard InChI is InChI=1S/C12H16OS/c1-2-8-13-9-12(10-14)11-6-4-3-5-7-11/h2-7,12,14H,1,8-10H2. The summed E-state index contributed by atoms with van der Waals surface area (Å²) in [6.45, 7) is 4.93. The van der Waals surface area contributed by atoms with E-state index in [0.29, 0.717) is 19.1 Å². The van der Waals surface area contributed by atoms with Gasteiger partial charge in [-0.3, -0.25) is 0 Å². The Morgan fingerprint density at radius 2 is 2.07 bits per heavy atom. The second kappa shape index (κ2) is 6.68. The number of benzene rings is 1. The molecular weight excluding hydrogens is 192 g/mol. The van der Waals surface area contributed by atoms with Crippen LogP contribution in [0.3, 0.4) is 0 Å². The maximum Gasteiger partial charge on any atom is 0.0645 e. The minimum absolute atomic E-state index is 0.375. The highest BCUT2D eigenvalue weighted by Crippen LogP contribution is 2.16. The first-order chi connectivity index (χ1) is 6.88. The Bertz CT molecular complexity index is 258. The van der Waals surface area contributed by atoms with Gasteiger partial charge in [-0.25, -0.2) is 0 Å². The fourth-order valence-corrected chi connectivity index (χ4v) is 1.59. The predicted octanol–water partition coefficient (Wildman–Crippen LogP) is 2.90. The van der Waals surface area contributed by atoms with Crippen LogP contribution < -0.4 is 0 Å². The minimum Gasteiger partial charge on any atom is -0.377 e. The summed E-state index contributed by atoms with van der Waals surface area (Å²) in [5.41, 5.74) is 1.28. The molecule has 0 spiro atoms. The normalized spacial score (nSPS) is 12.4. The van der Waals surface area contributed by atoms with Crippen molar-refractivity contribution in [2.24, 2.45) is 0 Å². The summed E-state index contributed by atoms with van der Waals surface area (Å²) in [5.74, 6) is 1.18. The van der Waals surface area contributed by atoms with Crippen molar-refractivity contribution in [2.75, 3.05) is 19.0 Å². The van der Waals surface area contributed by atoms with E-state index in [1.54, 1.807) is 6.08 Å². The second-order valence-electron chi connectivity index (χ2n) is 3.12. The molecule has 0 saturated heterocycles. The van der Waals surface area contributed by atoms with Crippen molar-refractivity contribution in [3.05, 3.63) is 48.6 Å². The summed E-state index contributed by atoms with van der Waals surface area (Å²) in [7, 11) is 0. The molecule has 1 aromatic rings. The Morgan fingerprint density at radius 1 is 1.36 bits per heavy atom. The minimum atomic E-state index is 0.375. The molecule has 0 N–H and O–H groups in total. The first kappa shape index (κ1) is 11.3. The van der Waals surface area contributed by atoms with Crippen molar-refractivity contribution in [3.63, 3.8) is 0 Å². The Balaban J connectivity index is 2.50. The molecule has 0 amide bonds. The van der Waals surface area contributed by atoms with Crippen molar-refractivity contribution in [2.45, 2.75) is 5.92 Å². The molecule has 0 aromatic heterocycles. The van der Waals surface area contributed by atoms with Crippen LogP contribution in [0, 0.1) is 0 Å². The van der Waals surface area contributed by atoms with E-state index in [9.17, 15) is 0 Å². The Kier molecular flexibility index (Phi) is 5.42. The van der Waals surface area contributed by atoms with Gasteiger partial charge in [0.2, 0.25) is 0 Å². The lowest BCUT2D eigenvalue weighted by Gasteiger charge is -2.14. The molecule has 0 radical (unpaired) electrons. The third-order valence-corrected chi connectivity index (χ3v) is 2.49. The van der Waals surface area contributed by atoms with Crippen molar-refractivity contribution < 1.29 is 4.74 Å². The summed E-state index contributed by atoms with van der Waals surface area (Å²) < 4.78 is 5.42. The predicted molar refractivity (Wildman–Crippen MR) is 64.1 cm³/mol. The zero-order valence-electron chi connectivity index (χ0n) is 8.23. The zero-order valence-corrected chi connectivity index (χ0v) is 9.12. The average molecular weight is 208 g/mol. The van der Waals surface area contributed by atoms with E-state index in [2.05, 4.69) is 31.3 Å². The third kappa shape index (κ3) is 3.56. The highest BCUT2D eigenvalue weighted by molar-refractivity contribution is 7.80. The van der Waals surface area contributed by atoms with Gasteiger partial charge in [-0.2, -0.15) is 12.6 Å². The molecule has 0 bridgehead atoms. The highest BCUT2D eigenvalue weighted by atomic mass is 32.1. The van der Waals surface area contributed by atoms with Gasteiger partial charge >= 0.3 is 0 Å². The molecule has 0 aliphatic heterocycles. The monoisotopic (exact) mass is 208 g/mol. The summed E-state index contributed by atoms with van der Waals surface area (Å²) in [6, 6.07) is 10.3. The van der Waals surface area contributed by atoms with Crippen LogP contribution in [0.15, 0.2) is 43.0 Å². The van der Waals surface area contributed by atoms with Gasteiger partial charge in [-0.1, -0.05) is 36.4 Å². The molecule has 14 heavy (non-hydrogen) atoms. The molecular formula is C12H16OS. The lowest BCUT2D eigenvalue weighted by Crippen LogP contribution is -2.09. The van der Waals surface area contributed by atoms with Crippen LogP contribution in [0.4, 0.5) is 0 Å². The SMILES string of the molecule is C=CCOCC(CS)c1ccccc1. The molecule has 1 atom stereocenters. The molecule has 1 unspecified atom stereocenters. The Hall–Kier alpha value is -0.730. The zero-order chi connectivity index (χ0) is 10.2. The molecule has 0 fully saturated rings. The van der Waals surface area contributed by atoms with E-state index in [1.165, 1.54) is 5.56 Å². The van der Waals surface area contributed by atoms with Crippen molar-refractivity contribution in [3.8, 4) is 0 Å². The number of hydrogen-bond donors (Lipinski definition) is 1. The van der Waals surface area contributed by atoms with E-state index >= 15 is 0 Å². The van der Waals surface area contributed by atoms with Crippen LogP contribution >= 0.6 is 12.6 Å². The van der Waals surface area contributed by atoms with Crippen LogP contribution in [0.1, 0.15) is 11.5 Å². The van der Waals surface area contributed by atoms with E-state index in [1.807, 2.05) is 18.2 Å². The first-order valence-electron chi connectivity index (χ1n) is 4.73.